The summed E-state index contributed by atoms with van der Waals surface area (Å²) in [5, 5.41) is 9.11. The first-order valence-electron chi connectivity index (χ1n) is 9.76. The Balaban J connectivity index is 1.53. The highest BCUT2D eigenvalue weighted by molar-refractivity contribution is 5.99. The molecule has 5 aromatic heterocycles. The Kier molecular flexibility index (Phi) is 3.86. The molecule has 6 nitrogen and oxygen atoms in total. The fourth-order valence-corrected chi connectivity index (χ4v) is 3.85. The molecule has 0 aliphatic heterocycles. The Morgan fingerprint density at radius 3 is 2.55 bits per heavy atom. The van der Waals surface area contributed by atoms with E-state index in [1.54, 1.807) is 30.7 Å². The molecule has 5 heterocycles. The molecule has 2 N–H and O–H groups in total. The van der Waals surface area contributed by atoms with Crippen LogP contribution in [0.25, 0.3) is 55.8 Å². The van der Waals surface area contributed by atoms with Gasteiger partial charge in [0.15, 0.2) is 5.65 Å². The summed E-state index contributed by atoms with van der Waals surface area (Å²) in [5.74, 6) is -0.269. The number of hydrogen-bond donors (Lipinski definition) is 2. The van der Waals surface area contributed by atoms with Gasteiger partial charge in [-0.05, 0) is 42.0 Å². The number of aromatic nitrogens is 6. The summed E-state index contributed by atoms with van der Waals surface area (Å²) < 4.78 is 14.4. The molecule has 7 heteroatoms. The number of fused-ring (bicyclic) bond motifs is 2. The van der Waals surface area contributed by atoms with E-state index >= 15 is 0 Å². The zero-order valence-electron chi connectivity index (χ0n) is 16.2. The Morgan fingerprint density at radius 1 is 0.774 bits per heavy atom. The van der Waals surface area contributed by atoms with Crippen molar-refractivity contribution in [3.63, 3.8) is 0 Å². The van der Waals surface area contributed by atoms with E-state index < -0.39 is 0 Å². The Labute approximate surface area is 175 Å². The molecule has 0 amide bonds. The van der Waals surface area contributed by atoms with E-state index in [0.29, 0.717) is 16.9 Å². The first-order chi connectivity index (χ1) is 15.3. The molecule has 0 radical (unpaired) electrons. The van der Waals surface area contributed by atoms with Crippen molar-refractivity contribution in [1.29, 1.82) is 0 Å². The lowest BCUT2D eigenvalue weighted by Gasteiger charge is -2.04. The number of aromatic amines is 2. The molecule has 0 unspecified atom stereocenters. The zero-order valence-corrected chi connectivity index (χ0v) is 16.2. The van der Waals surface area contributed by atoms with Gasteiger partial charge in [-0.3, -0.25) is 10.1 Å². The van der Waals surface area contributed by atoms with E-state index in [-0.39, 0.29) is 5.82 Å². The van der Waals surface area contributed by atoms with Gasteiger partial charge in [-0.15, -0.1) is 0 Å². The molecule has 0 atom stereocenters. The van der Waals surface area contributed by atoms with Crippen LogP contribution in [0.4, 0.5) is 4.39 Å². The maximum absolute atomic E-state index is 14.4. The summed E-state index contributed by atoms with van der Waals surface area (Å²) >= 11 is 0. The first-order valence-corrected chi connectivity index (χ1v) is 9.76. The minimum Gasteiger partial charge on any atom is -0.338 e. The first kappa shape index (κ1) is 17.5. The fourth-order valence-electron chi connectivity index (χ4n) is 3.85. The van der Waals surface area contributed by atoms with Gasteiger partial charge in [0, 0.05) is 40.5 Å². The highest BCUT2D eigenvalue weighted by atomic mass is 19.1. The van der Waals surface area contributed by atoms with E-state index in [9.17, 15) is 4.39 Å². The van der Waals surface area contributed by atoms with E-state index in [1.165, 1.54) is 6.07 Å². The van der Waals surface area contributed by atoms with Gasteiger partial charge < -0.3 is 4.98 Å². The average Bonchev–Trinajstić information content (AvgIpc) is 3.43. The SMILES string of the molecule is Fc1ccccc1-c1ccnc2[nH]c(-c3[nH]nc4ncc(-c5ccccn5)cc34)cc12. The molecular formula is C24H15FN6. The normalized spacial score (nSPS) is 11.4. The van der Waals surface area contributed by atoms with Gasteiger partial charge in [0.05, 0.1) is 17.1 Å². The van der Waals surface area contributed by atoms with Crippen molar-refractivity contribution in [3.05, 3.63) is 85.1 Å². The number of nitrogens with one attached hydrogen (secondary N) is 2. The molecule has 0 aliphatic carbocycles. The van der Waals surface area contributed by atoms with Crippen LogP contribution in [0.5, 0.6) is 0 Å². The summed E-state index contributed by atoms with van der Waals surface area (Å²) in [4.78, 5) is 16.6. The van der Waals surface area contributed by atoms with Crippen LogP contribution in [-0.2, 0) is 0 Å². The summed E-state index contributed by atoms with van der Waals surface area (Å²) in [6.45, 7) is 0. The van der Waals surface area contributed by atoms with Gasteiger partial charge in [-0.25, -0.2) is 14.4 Å². The number of hydrogen-bond acceptors (Lipinski definition) is 4. The van der Waals surface area contributed by atoms with Crippen molar-refractivity contribution in [2.75, 3.05) is 0 Å². The molecule has 31 heavy (non-hydrogen) atoms. The molecule has 6 aromatic rings. The standard InChI is InChI=1S/C24H15FN6/c25-19-6-2-1-5-16(19)15-8-10-27-23-17(15)12-21(29-23)22-18-11-14(13-28-24(18)31-30-22)20-7-3-4-9-26-20/h1-13H,(H,27,29)(H,28,30,31). The van der Waals surface area contributed by atoms with Crippen LogP contribution in [0.1, 0.15) is 0 Å². The number of rotatable bonds is 3. The maximum Gasteiger partial charge on any atom is 0.181 e. The minimum absolute atomic E-state index is 0.269. The molecule has 0 spiro atoms. The van der Waals surface area contributed by atoms with Crippen LogP contribution in [0.3, 0.4) is 0 Å². The maximum atomic E-state index is 14.4. The molecule has 0 bridgehead atoms. The van der Waals surface area contributed by atoms with Crippen LogP contribution < -0.4 is 0 Å². The third-order valence-electron chi connectivity index (χ3n) is 5.34. The molecule has 6 rings (SSSR count). The van der Waals surface area contributed by atoms with Crippen molar-refractivity contribution in [3.8, 4) is 33.8 Å². The van der Waals surface area contributed by atoms with Gasteiger partial charge in [0.2, 0.25) is 0 Å². The van der Waals surface area contributed by atoms with Crippen molar-refractivity contribution in [2.45, 2.75) is 0 Å². The van der Waals surface area contributed by atoms with E-state index in [2.05, 4.69) is 30.1 Å². The summed E-state index contributed by atoms with van der Waals surface area (Å²) in [6.07, 6.45) is 5.19. The van der Waals surface area contributed by atoms with Crippen molar-refractivity contribution < 1.29 is 4.39 Å². The second kappa shape index (κ2) is 6.84. The van der Waals surface area contributed by atoms with Gasteiger partial charge in [-0.2, -0.15) is 5.10 Å². The third kappa shape index (κ3) is 2.86. The Hall–Kier alpha value is -4.39. The highest BCUT2D eigenvalue weighted by Gasteiger charge is 2.16. The lowest BCUT2D eigenvalue weighted by atomic mass is 10.0. The van der Waals surface area contributed by atoms with Crippen molar-refractivity contribution in [1.82, 2.24) is 30.1 Å². The van der Waals surface area contributed by atoms with Gasteiger partial charge >= 0.3 is 0 Å². The monoisotopic (exact) mass is 406 g/mol. The molecular weight excluding hydrogens is 391 g/mol. The second-order valence-electron chi connectivity index (χ2n) is 7.19. The van der Waals surface area contributed by atoms with Crippen LogP contribution in [0, 0.1) is 5.82 Å². The average molecular weight is 406 g/mol. The van der Waals surface area contributed by atoms with E-state index in [0.717, 1.165) is 39.0 Å². The van der Waals surface area contributed by atoms with E-state index in [1.807, 2.05) is 42.5 Å². The number of nitrogens with zero attached hydrogens (tertiary/aromatic N) is 4. The molecule has 0 aliphatic rings. The second-order valence-corrected chi connectivity index (χ2v) is 7.19. The molecule has 0 fully saturated rings. The third-order valence-corrected chi connectivity index (χ3v) is 5.34. The Morgan fingerprint density at radius 2 is 1.68 bits per heavy atom. The predicted octanol–water partition coefficient (Wildman–Crippen LogP) is 5.37. The fraction of sp³-hybridized carbons (Fsp3) is 0. The van der Waals surface area contributed by atoms with Gasteiger partial charge in [0.1, 0.15) is 11.5 Å². The lowest BCUT2D eigenvalue weighted by molar-refractivity contribution is 0.631. The highest BCUT2D eigenvalue weighted by Crippen LogP contribution is 2.34. The predicted molar refractivity (Wildman–Crippen MR) is 118 cm³/mol. The Bertz CT molecular complexity index is 1550. The minimum atomic E-state index is -0.269. The molecule has 148 valence electrons. The smallest absolute Gasteiger partial charge is 0.181 e. The molecule has 1 aromatic carbocycles. The van der Waals surface area contributed by atoms with Crippen LogP contribution >= 0.6 is 0 Å². The number of H-pyrrole nitrogens is 2. The van der Waals surface area contributed by atoms with Crippen molar-refractivity contribution in [2.24, 2.45) is 0 Å². The topological polar surface area (TPSA) is 83.1 Å². The van der Waals surface area contributed by atoms with Gasteiger partial charge in [-0.1, -0.05) is 24.3 Å². The summed E-state index contributed by atoms with van der Waals surface area (Å²) in [5.41, 5.74) is 5.92. The largest absolute Gasteiger partial charge is 0.338 e. The van der Waals surface area contributed by atoms with Gasteiger partial charge in [0.25, 0.3) is 0 Å². The van der Waals surface area contributed by atoms with Crippen LogP contribution in [0.2, 0.25) is 0 Å². The van der Waals surface area contributed by atoms with Crippen LogP contribution in [-0.4, -0.2) is 30.1 Å². The zero-order chi connectivity index (χ0) is 20.8. The van der Waals surface area contributed by atoms with E-state index in [4.69, 9.17) is 0 Å². The number of pyridine rings is 3. The number of benzene rings is 1. The van der Waals surface area contributed by atoms with Crippen molar-refractivity contribution >= 4 is 22.1 Å². The van der Waals surface area contributed by atoms with Crippen LogP contribution in [0.15, 0.2) is 79.3 Å². The summed E-state index contributed by atoms with van der Waals surface area (Å²) in [7, 11) is 0. The summed E-state index contributed by atoms with van der Waals surface area (Å²) in [6, 6.07) is 18.3. The molecule has 0 saturated heterocycles. The number of halogens is 1. The quantitative estimate of drug-likeness (QED) is 0.414. The molecule has 0 saturated carbocycles. The lowest BCUT2D eigenvalue weighted by Crippen LogP contribution is -1.85.